The molecule has 5 atom stereocenters. The average molecular weight is 349 g/mol. The molecule has 1 N–H and O–H groups in total. The zero-order valence-electron chi connectivity index (χ0n) is 15.4. The second-order valence-electron chi connectivity index (χ2n) is 8.24. The Kier molecular flexibility index (Phi) is 4.65. The maximum absolute atomic E-state index is 12.2. The van der Waals surface area contributed by atoms with Gasteiger partial charge in [0.2, 0.25) is 5.91 Å². The maximum Gasteiger partial charge on any atom is 0.410 e. The molecule has 3 aliphatic heterocycles. The van der Waals surface area contributed by atoms with Crippen molar-refractivity contribution in [2.45, 2.75) is 51.6 Å². The highest BCUT2D eigenvalue weighted by atomic mass is 16.6. The number of piperidine rings is 3. The fourth-order valence-corrected chi connectivity index (χ4v) is 5.55. The molecule has 0 radical (unpaired) electrons. The molecule has 5 fully saturated rings. The molecule has 0 spiro atoms. The van der Waals surface area contributed by atoms with E-state index in [9.17, 15) is 9.59 Å². The average Bonchev–Trinajstić information content (AvgIpc) is 3.14. The summed E-state index contributed by atoms with van der Waals surface area (Å²) in [6.07, 6.45) is 4.28. The Labute approximate surface area is 150 Å². The first-order valence-electron chi connectivity index (χ1n) is 10.1. The van der Waals surface area contributed by atoms with Crippen LogP contribution < -0.4 is 5.32 Å². The summed E-state index contributed by atoms with van der Waals surface area (Å²) >= 11 is 0. The van der Waals surface area contributed by atoms with Crippen LogP contribution in [0.3, 0.4) is 0 Å². The SMILES string of the molecule is CCCNC(=O)C1[C@@H]2CN([C@@H]3C[C@H]4CC[C@@H]3CN4C(=O)OCC)C[C@@H]12. The van der Waals surface area contributed by atoms with E-state index in [-0.39, 0.29) is 17.9 Å². The first-order valence-corrected chi connectivity index (χ1v) is 10.1. The Bertz CT molecular complexity index is 528. The summed E-state index contributed by atoms with van der Waals surface area (Å²) in [5, 5.41) is 3.06. The molecule has 2 amide bonds. The van der Waals surface area contributed by atoms with Gasteiger partial charge in [0, 0.05) is 44.2 Å². The molecule has 25 heavy (non-hydrogen) atoms. The molecular weight excluding hydrogens is 318 g/mol. The Morgan fingerprint density at radius 1 is 1.12 bits per heavy atom. The van der Waals surface area contributed by atoms with E-state index in [2.05, 4.69) is 17.1 Å². The Morgan fingerprint density at radius 3 is 2.48 bits per heavy atom. The quantitative estimate of drug-likeness (QED) is 0.821. The van der Waals surface area contributed by atoms with Crippen LogP contribution in [0.5, 0.6) is 0 Å². The smallest absolute Gasteiger partial charge is 0.410 e. The largest absolute Gasteiger partial charge is 0.450 e. The van der Waals surface area contributed by atoms with Crippen LogP contribution >= 0.6 is 0 Å². The summed E-state index contributed by atoms with van der Waals surface area (Å²) in [7, 11) is 0. The second-order valence-corrected chi connectivity index (χ2v) is 8.24. The molecule has 140 valence electrons. The van der Waals surface area contributed by atoms with E-state index in [4.69, 9.17) is 4.74 Å². The topological polar surface area (TPSA) is 61.9 Å². The van der Waals surface area contributed by atoms with Crippen molar-refractivity contribution >= 4 is 12.0 Å². The molecule has 3 heterocycles. The van der Waals surface area contributed by atoms with Crippen molar-refractivity contribution in [3.05, 3.63) is 0 Å². The lowest BCUT2D eigenvalue weighted by Crippen LogP contribution is -2.60. The Morgan fingerprint density at radius 2 is 1.88 bits per heavy atom. The minimum atomic E-state index is -0.132. The normalized spacial score (nSPS) is 39.2. The van der Waals surface area contributed by atoms with E-state index < -0.39 is 0 Å². The molecule has 2 bridgehead atoms. The third kappa shape index (κ3) is 3.03. The van der Waals surface area contributed by atoms with Crippen LogP contribution in [0.15, 0.2) is 0 Å². The number of ether oxygens (including phenoxy) is 1. The molecule has 3 saturated heterocycles. The van der Waals surface area contributed by atoms with Gasteiger partial charge in [-0.25, -0.2) is 4.79 Å². The van der Waals surface area contributed by atoms with E-state index in [0.29, 0.717) is 36.4 Å². The third-order valence-electron chi connectivity index (χ3n) is 6.85. The van der Waals surface area contributed by atoms with Crippen molar-refractivity contribution in [2.75, 3.05) is 32.8 Å². The Balaban J connectivity index is 1.30. The van der Waals surface area contributed by atoms with Gasteiger partial charge in [-0.2, -0.15) is 0 Å². The van der Waals surface area contributed by atoms with Gasteiger partial charge < -0.3 is 15.0 Å². The molecule has 0 aromatic carbocycles. The van der Waals surface area contributed by atoms with Gasteiger partial charge in [-0.1, -0.05) is 6.92 Å². The number of hydrogen-bond donors (Lipinski definition) is 1. The number of carbonyl (C=O) groups excluding carboxylic acids is 2. The van der Waals surface area contributed by atoms with E-state index >= 15 is 0 Å². The summed E-state index contributed by atoms with van der Waals surface area (Å²) in [5.41, 5.74) is 0. The minimum Gasteiger partial charge on any atom is -0.450 e. The van der Waals surface area contributed by atoms with Gasteiger partial charge >= 0.3 is 6.09 Å². The second kappa shape index (κ2) is 6.78. The van der Waals surface area contributed by atoms with Crippen molar-refractivity contribution in [2.24, 2.45) is 23.7 Å². The van der Waals surface area contributed by atoms with Gasteiger partial charge in [-0.3, -0.25) is 9.69 Å². The number of nitrogens with one attached hydrogen (secondary N) is 1. The summed E-state index contributed by atoms with van der Waals surface area (Å²) in [5.74, 6) is 2.24. The standard InChI is InChI=1S/C19H31N3O3/c1-3-7-20-18(23)17-14-10-21(11-15(14)17)16-8-13-6-5-12(16)9-22(13)19(24)25-4-2/h12-17H,3-11H2,1-2H3,(H,20,23)/t12-,13-,14-,15-,16-/m1/s1. The van der Waals surface area contributed by atoms with Gasteiger partial charge in [0.1, 0.15) is 0 Å². The van der Waals surface area contributed by atoms with Crippen LogP contribution in [-0.4, -0.2) is 66.7 Å². The lowest BCUT2D eigenvalue weighted by molar-refractivity contribution is -0.123. The molecule has 6 nitrogen and oxygen atoms in total. The fourth-order valence-electron chi connectivity index (χ4n) is 5.55. The number of hydrogen-bond acceptors (Lipinski definition) is 4. The summed E-state index contributed by atoms with van der Waals surface area (Å²) in [6, 6.07) is 0.936. The molecule has 5 aliphatic rings. The van der Waals surface area contributed by atoms with Crippen molar-refractivity contribution in [3.63, 3.8) is 0 Å². The molecule has 0 aromatic rings. The summed E-state index contributed by atoms with van der Waals surface area (Å²) < 4.78 is 5.22. The lowest BCUT2D eigenvalue weighted by Gasteiger charge is -2.51. The van der Waals surface area contributed by atoms with Crippen LogP contribution in [0.1, 0.15) is 39.5 Å². The molecule has 5 rings (SSSR count). The van der Waals surface area contributed by atoms with Gasteiger partial charge in [0.15, 0.2) is 0 Å². The number of fused-ring (bicyclic) bond motifs is 4. The zero-order valence-corrected chi connectivity index (χ0v) is 15.4. The molecule has 0 aromatic heterocycles. The highest BCUT2D eigenvalue weighted by Gasteiger charge is 2.61. The predicted octanol–water partition coefficient (Wildman–Crippen LogP) is 1.70. The van der Waals surface area contributed by atoms with E-state index in [1.807, 2.05) is 11.8 Å². The number of rotatable bonds is 5. The third-order valence-corrected chi connectivity index (χ3v) is 6.85. The van der Waals surface area contributed by atoms with Gasteiger partial charge in [0.25, 0.3) is 0 Å². The van der Waals surface area contributed by atoms with Gasteiger partial charge in [-0.05, 0) is 50.4 Å². The lowest BCUT2D eigenvalue weighted by atomic mass is 9.75. The first kappa shape index (κ1) is 17.1. The van der Waals surface area contributed by atoms with E-state index in [0.717, 1.165) is 45.4 Å². The monoisotopic (exact) mass is 349 g/mol. The van der Waals surface area contributed by atoms with Gasteiger partial charge in [0.05, 0.1) is 6.61 Å². The number of nitrogens with zero attached hydrogens (tertiary/aromatic N) is 2. The number of amides is 2. The zero-order chi connectivity index (χ0) is 17.6. The maximum atomic E-state index is 12.2. The van der Waals surface area contributed by atoms with Gasteiger partial charge in [-0.15, -0.1) is 0 Å². The molecule has 2 saturated carbocycles. The van der Waals surface area contributed by atoms with Crippen molar-refractivity contribution < 1.29 is 14.3 Å². The van der Waals surface area contributed by atoms with E-state index in [1.54, 1.807) is 0 Å². The van der Waals surface area contributed by atoms with E-state index in [1.165, 1.54) is 6.42 Å². The van der Waals surface area contributed by atoms with Crippen LogP contribution in [0.4, 0.5) is 4.79 Å². The van der Waals surface area contributed by atoms with Crippen LogP contribution in [0, 0.1) is 23.7 Å². The predicted molar refractivity (Wildman–Crippen MR) is 94.0 cm³/mol. The number of carbonyl (C=O) groups is 2. The molecule has 6 heteroatoms. The van der Waals surface area contributed by atoms with Crippen molar-refractivity contribution in [1.82, 2.24) is 15.1 Å². The van der Waals surface area contributed by atoms with Crippen LogP contribution in [-0.2, 0) is 9.53 Å². The summed E-state index contributed by atoms with van der Waals surface area (Å²) in [6.45, 7) is 8.20. The van der Waals surface area contributed by atoms with Crippen molar-refractivity contribution in [1.29, 1.82) is 0 Å². The van der Waals surface area contributed by atoms with Crippen LogP contribution in [0.25, 0.3) is 0 Å². The van der Waals surface area contributed by atoms with Crippen LogP contribution in [0.2, 0.25) is 0 Å². The summed E-state index contributed by atoms with van der Waals surface area (Å²) in [4.78, 5) is 28.9. The number of likely N-dealkylation sites (tertiary alicyclic amines) is 1. The minimum absolute atomic E-state index is 0.132. The Hall–Kier alpha value is -1.30. The highest BCUT2D eigenvalue weighted by Crippen LogP contribution is 2.54. The molecule has 2 aliphatic carbocycles. The fraction of sp³-hybridized carbons (Fsp3) is 0.895. The molecule has 0 unspecified atom stereocenters. The van der Waals surface area contributed by atoms with Crippen molar-refractivity contribution in [3.8, 4) is 0 Å². The first-order chi connectivity index (χ1) is 12.1. The molecular formula is C19H31N3O3. The highest BCUT2D eigenvalue weighted by molar-refractivity contribution is 5.82.